The van der Waals surface area contributed by atoms with E-state index in [1.807, 2.05) is 0 Å². The SMILES string of the molecule is C[C@H]1C=CC[C@@H]2CN(C(=O)CC(C)(C)C)[C@@H](C)[C@@H]21. The van der Waals surface area contributed by atoms with Gasteiger partial charge in [-0.1, -0.05) is 39.8 Å². The number of hydrogen-bond donors (Lipinski definition) is 0. The molecule has 0 saturated carbocycles. The minimum Gasteiger partial charge on any atom is -0.339 e. The first-order chi connectivity index (χ1) is 8.29. The van der Waals surface area contributed by atoms with Gasteiger partial charge < -0.3 is 4.90 Å². The summed E-state index contributed by atoms with van der Waals surface area (Å²) in [7, 11) is 0. The molecule has 1 fully saturated rings. The first-order valence-corrected chi connectivity index (χ1v) is 7.26. The first-order valence-electron chi connectivity index (χ1n) is 7.26. The highest BCUT2D eigenvalue weighted by Crippen LogP contribution is 2.41. The molecule has 0 aromatic rings. The fourth-order valence-electron chi connectivity index (χ4n) is 3.72. The fourth-order valence-corrected chi connectivity index (χ4v) is 3.72. The molecule has 1 heterocycles. The first kappa shape index (κ1) is 13.6. The van der Waals surface area contributed by atoms with Gasteiger partial charge in [-0.05, 0) is 36.5 Å². The molecule has 102 valence electrons. The van der Waals surface area contributed by atoms with Crippen LogP contribution >= 0.6 is 0 Å². The van der Waals surface area contributed by atoms with Crippen LogP contribution in [-0.4, -0.2) is 23.4 Å². The molecule has 1 amide bonds. The van der Waals surface area contributed by atoms with E-state index in [9.17, 15) is 4.79 Å². The summed E-state index contributed by atoms with van der Waals surface area (Å²) in [5.41, 5.74) is 0.0917. The van der Waals surface area contributed by atoms with Gasteiger partial charge in [0, 0.05) is 19.0 Å². The number of carbonyl (C=O) groups excluding carboxylic acids is 1. The van der Waals surface area contributed by atoms with Gasteiger partial charge in [0.2, 0.25) is 5.91 Å². The molecule has 1 aliphatic carbocycles. The molecule has 0 aromatic carbocycles. The molecule has 0 spiro atoms. The summed E-state index contributed by atoms with van der Waals surface area (Å²) in [6, 6.07) is 0.407. The maximum absolute atomic E-state index is 12.4. The van der Waals surface area contributed by atoms with Gasteiger partial charge in [0.15, 0.2) is 0 Å². The Morgan fingerprint density at radius 2 is 2.00 bits per heavy atom. The maximum Gasteiger partial charge on any atom is 0.223 e. The van der Waals surface area contributed by atoms with Crippen LogP contribution in [0.25, 0.3) is 0 Å². The quantitative estimate of drug-likeness (QED) is 0.652. The summed E-state index contributed by atoms with van der Waals surface area (Å²) in [6.45, 7) is 11.9. The Morgan fingerprint density at radius 1 is 1.33 bits per heavy atom. The number of hydrogen-bond acceptors (Lipinski definition) is 1. The number of likely N-dealkylation sites (tertiary alicyclic amines) is 1. The molecule has 0 radical (unpaired) electrons. The van der Waals surface area contributed by atoms with E-state index in [2.05, 4.69) is 51.7 Å². The Labute approximate surface area is 111 Å². The summed E-state index contributed by atoms with van der Waals surface area (Å²) in [5, 5.41) is 0. The van der Waals surface area contributed by atoms with E-state index in [0.717, 1.165) is 13.0 Å². The highest BCUT2D eigenvalue weighted by molar-refractivity contribution is 5.77. The monoisotopic (exact) mass is 249 g/mol. The Kier molecular flexibility index (Phi) is 3.57. The van der Waals surface area contributed by atoms with Crippen LogP contribution in [0.5, 0.6) is 0 Å². The largest absolute Gasteiger partial charge is 0.339 e. The molecule has 0 bridgehead atoms. The number of carbonyl (C=O) groups is 1. The van der Waals surface area contributed by atoms with E-state index in [0.29, 0.717) is 36.1 Å². The molecule has 2 rings (SSSR count). The lowest BCUT2D eigenvalue weighted by Gasteiger charge is -2.31. The van der Waals surface area contributed by atoms with Crippen LogP contribution in [0.4, 0.5) is 0 Å². The molecular formula is C16H27NO. The molecule has 0 aromatic heterocycles. The van der Waals surface area contributed by atoms with Gasteiger partial charge in [-0.25, -0.2) is 0 Å². The average Bonchev–Trinajstić information content (AvgIpc) is 2.55. The molecule has 2 nitrogen and oxygen atoms in total. The van der Waals surface area contributed by atoms with E-state index in [-0.39, 0.29) is 5.41 Å². The van der Waals surface area contributed by atoms with Crippen molar-refractivity contribution < 1.29 is 4.79 Å². The van der Waals surface area contributed by atoms with Crippen LogP contribution in [0.15, 0.2) is 12.2 Å². The van der Waals surface area contributed by atoms with Gasteiger partial charge in [0.1, 0.15) is 0 Å². The zero-order chi connectivity index (χ0) is 13.5. The Hall–Kier alpha value is -0.790. The van der Waals surface area contributed by atoms with Crippen molar-refractivity contribution in [2.24, 2.45) is 23.2 Å². The van der Waals surface area contributed by atoms with Crippen LogP contribution in [0.3, 0.4) is 0 Å². The molecule has 2 heteroatoms. The number of fused-ring (bicyclic) bond motifs is 1. The molecule has 0 N–H and O–H groups in total. The predicted molar refractivity (Wildman–Crippen MR) is 75.1 cm³/mol. The van der Waals surface area contributed by atoms with Crippen LogP contribution in [0.2, 0.25) is 0 Å². The zero-order valence-electron chi connectivity index (χ0n) is 12.4. The third-order valence-electron chi connectivity index (χ3n) is 4.51. The van der Waals surface area contributed by atoms with E-state index in [1.54, 1.807) is 0 Å². The molecule has 0 unspecified atom stereocenters. The zero-order valence-corrected chi connectivity index (χ0v) is 12.4. The summed E-state index contributed by atoms with van der Waals surface area (Å²) >= 11 is 0. The lowest BCUT2D eigenvalue weighted by molar-refractivity contribution is -0.134. The minimum absolute atomic E-state index is 0.0917. The van der Waals surface area contributed by atoms with Crippen LogP contribution in [0, 0.1) is 23.2 Å². The Balaban J connectivity index is 2.07. The standard InChI is InChI=1S/C16H27NO/c1-11-7-6-8-13-10-17(12(2)15(11)13)14(18)9-16(3,4)5/h6-7,11-13,15H,8-10H2,1-5H3/t11-,12-,13+,15-/m0/s1. The Morgan fingerprint density at radius 3 is 2.56 bits per heavy atom. The van der Waals surface area contributed by atoms with Crippen LogP contribution in [-0.2, 0) is 4.79 Å². The molecule has 1 saturated heterocycles. The topological polar surface area (TPSA) is 20.3 Å². The second-order valence-corrected chi connectivity index (χ2v) is 7.38. The smallest absolute Gasteiger partial charge is 0.223 e. The van der Waals surface area contributed by atoms with Crippen molar-refractivity contribution in [2.45, 2.75) is 53.5 Å². The number of allylic oxidation sites excluding steroid dienone is 2. The number of amides is 1. The molecule has 18 heavy (non-hydrogen) atoms. The highest BCUT2D eigenvalue weighted by atomic mass is 16.2. The molecule has 4 atom stereocenters. The summed E-state index contributed by atoms with van der Waals surface area (Å²) in [4.78, 5) is 14.6. The van der Waals surface area contributed by atoms with Crippen molar-refractivity contribution in [3.05, 3.63) is 12.2 Å². The van der Waals surface area contributed by atoms with Gasteiger partial charge in [-0.3, -0.25) is 4.79 Å². The fraction of sp³-hybridized carbons (Fsp3) is 0.812. The minimum atomic E-state index is 0.0917. The number of rotatable bonds is 1. The van der Waals surface area contributed by atoms with Crippen LogP contribution in [0.1, 0.15) is 47.5 Å². The van der Waals surface area contributed by atoms with Crippen molar-refractivity contribution in [3.63, 3.8) is 0 Å². The van der Waals surface area contributed by atoms with E-state index in [1.165, 1.54) is 0 Å². The van der Waals surface area contributed by atoms with Crippen molar-refractivity contribution in [1.82, 2.24) is 4.90 Å². The second-order valence-electron chi connectivity index (χ2n) is 7.38. The van der Waals surface area contributed by atoms with E-state index < -0.39 is 0 Å². The average molecular weight is 249 g/mol. The van der Waals surface area contributed by atoms with Gasteiger partial charge in [-0.15, -0.1) is 0 Å². The van der Waals surface area contributed by atoms with Crippen molar-refractivity contribution in [2.75, 3.05) is 6.54 Å². The summed E-state index contributed by atoms with van der Waals surface area (Å²) in [5.74, 6) is 2.31. The molecule has 1 aliphatic heterocycles. The second kappa shape index (κ2) is 4.71. The van der Waals surface area contributed by atoms with Gasteiger partial charge in [0.05, 0.1) is 0 Å². The summed E-state index contributed by atoms with van der Waals surface area (Å²) in [6.07, 6.45) is 6.45. The van der Waals surface area contributed by atoms with Gasteiger partial charge >= 0.3 is 0 Å². The lowest BCUT2D eigenvalue weighted by Crippen LogP contribution is -2.38. The van der Waals surface area contributed by atoms with Crippen molar-refractivity contribution >= 4 is 5.91 Å². The van der Waals surface area contributed by atoms with E-state index in [4.69, 9.17) is 0 Å². The predicted octanol–water partition coefficient (Wildman–Crippen LogP) is 3.48. The highest BCUT2D eigenvalue weighted by Gasteiger charge is 2.44. The van der Waals surface area contributed by atoms with Crippen LogP contribution < -0.4 is 0 Å². The normalized spacial score (nSPS) is 35.7. The van der Waals surface area contributed by atoms with Crippen molar-refractivity contribution in [3.8, 4) is 0 Å². The number of nitrogens with zero attached hydrogens (tertiary/aromatic N) is 1. The van der Waals surface area contributed by atoms with Crippen molar-refractivity contribution in [1.29, 1.82) is 0 Å². The lowest BCUT2D eigenvalue weighted by atomic mass is 9.76. The Bertz CT molecular complexity index is 353. The maximum atomic E-state index is 12.4. The van der Waals surface area contributed by atoms with Gasteiger partial charge in [-0.2, -0.15) is 0 Å². The molecular weight excluding hydrogens is 222 g/mol. The third-order valence-corrected chi connectivity index (χ3v) is 4.51. The summed E-state index contributed by atoms with van der Waals surface area (Å²) < 4.78 is 0. The van der Waals surface area contributed by atoms with Gasteiger partial charge in [0.25, 0.3) is 0 Å². The molecule has 2 aliphatic rings. The third kappa shape index (κ3) is 2.62. The van der Waals surface area contributed by atoms with E-state index >= 15 is 0 Å².